The molecule has 2 rings (SSSR count). The van der Waals surface area contributed by atoms with E-state index in [9.17, 15) is 13.6 Å². The van der Waals surface area contributed by atoms with Gasteiger partial charge in [-0.05, 0) is 43.7 Å². The number of ketones is 1. The zero-order valence-corrected chi connectivity index (χ0v) is 11.8. The lowest BCUT2D eigenvalue weighted by Crippen LogP contribution is -2.42. The normalized spacial score (nSPS) is 26.5. The van der Waals surface area contributed by atoms with Crippen molar-refractivity contribution in [2.45, 2.75) is 39.0 Å². The van der Waals surface area contributed by atoms with Crippen molar-refractivity contribution < 1.29 is 13.6 Å². The molecule has 1 aromatic carbocycles. The molecule has 1 saturated carbocycles. The molecule has 2 N–H and O–H groups in total. The number of hydrogen-bond donors (Lipinski definition) is 1. The SMILES string of the molecule is CC1CCC(CN)(C(=O)Cc2c(F)cccc2F)CC1. The van der Waals surface area contributed by atoms with E-state index in [1.54, 1.807) is 0 Å². The minimum atomic E-state index is -0.658. The Kier molecular flexibility index (Phi) is 4.53. The maximum absolute atomic E-state index is 13.6. The van der Waals surface area contributed by atoms with Crippen LogP contribution in [-0.2, 0) is 11.2 Å². The minimum Gasteiger partial charge on any atom is -0.329 e. The van der Waals surface area contributed by atoms with Gasteiger partial charge in [0.25, 0.3) is 0 Å². The molecule has 0 spiro atoms. The van der Waals surface area contributed by atoms with Gasteiger partial charge in [0.1, 0.15) is 17.4 Å². The van der Waals surface area contributed by atoms with Crippen LogP contribution in [0.15, 0.2) is 18.2 Å². The molecular formula is C16H21F2NO. The number of hydrogen-bond acceptors (Lipinski definition) is 2. The van der Waals surface area contributed by atoms with Crippen LogP contribution in [0.3, 0.4) is 0 Å². The molecule has 1 aromatic rings. The van der Waals surface area contributed by atoms with E-state index in [0.29, 0.717) is 5.92 Å². The molecule has 0 amide bonds. The summed E-state index contributed by atoms with van der Waals surface area (Å²) < 4.78 is 27.3. The van der Waals surface area contributed by atoms with E-state index in [-0.39, 0.29) is 24.3 Å². The largest absolute Gasteiger partial charge is 0.329 e. The van der Waals surface area contributed by atoms with Crippen LogP contribution in [0.4, 0.5) is 8.78 Å². The van der Waals surface area contributed by atoms with E-state index in [4.69, 9.17) is 5.73 Å². The number of nitrogens with two attached hydrogens (primary N) is 1. The number of carbonyl (C=O) groups is 1. The number of Topliss-reactive ketones (excluding diaryl/α,β-unsaturated/α-hetero) is 1. The van der Waals surface area contributed by atoms with Crippen molar-refractivity contribution >= 4 is 5.78 Å². The van der Waals surface area contributed by atoms with Crippen LogP contribution in [0.2, 0.25) is 0 Å². The molecular weight excluding hydrogens is 260 g/mol. The number of benzene rings is 1. The van der Waals surface area contributed by atoms with Gasteiger partial charge in [-0.1, -0.05) is 13.0 Å². The van der Waals surface area contributed by atoms with Crippen LogP contribution in [0, 0.1) is 23.0 Å². The lowest BCUT2D eigenvalue weighted by Gasteiger charge is -2.37. The first-order valence-electron chi connectivity index (χ1n) is 7.15. The monoisotopic (exact) mass is 281 g/mol. The fourth-order valence-electron chi connectivity index (χ4n) is 2.96. The van der Waals surface area contributed by atoms with Crippen molar-refractivity contribution in [3.63, 3.8) is 0 Å². The van der Waals surface area contributed by atoms with E-state index < -0.39 is 17.0 Å². The fraction of sp³-hybridized carbons (Fsp3) is 0.562. The molecule has 4 heteroatoms. The Balaban J connectivity index is 2.18. The summed E-state index contributed by atoms with van der Waals surface area (Å²) in [5.74, 6) is -0.854. The van der Waals surface area contributed by atoms with Gasteiger partial charge in [-0.25, -0.2) is 8.78 Å². The first kappa shape index (κ1) is 15.1. The van der Waals surface area contributed by atoms with Gasteiger partial charge >= 0.3 is 0 Å². The zero-order chi connectivity index (χ0) is 14.8. The Labute approximate surface area is 118 Å². The molecule has 1 aliphatic carbocycles. The molecule has 0 aromatic heterocycles. The summed E-state index contributed by atoms with van der Waals surface area (Å²) in [5, 5.41) is 0. The van der Waals surface area contributed by atoms with Gasteiger partial charge in [0, 0.05) is 23.9 Å². The first-order valence-corrected chi connectivity index (χ1v) is 7.15. The second kappa shape index (κ2) is 6.00. The van der Waals surface area contributed by atoms with Crippen LogP contribution in [-0.4, -0.2) is 12.3 Å². The van der Waals surface area contributed by atoms with Gasteiger partial charge in [0.2, 0.25) is 0 Å². The van der Waals surface area contributed by atoms with Gasteiger partial charge in [-0.3, -0.25) is 4.79 Å². The maximum atomic E-state index is 13.6. The van der Waals surface area contributed by atoms with E-state index >= 15 is 0 Å². The van der Waals surface area contributed by atoms with Gasteiger partial charge in [0.05, 0.1) is 0 Å². The minimum absolute atomic E-state index is 0.129. The zero-order valence-electron chi connectivity index (χ0n) is 11.8. The summed E-state index contributed by atoms with van der Waals surface area (Å²) in [6, 6.07) is 3.67. The highest BCUT2D eigenvalue weighted by atomic mass is 19.1. The predicted octanol–water partition coefficient (Wildman–Crippen LogP) is 3.23. The van der Waals surface area contributed by atoms with E-state index in [1.165, 1.54) is 18.2 Å². The molecule has 0 aliphatic heterocycles. The van der Waals surface area contributed by atoms with Gasteiger partial charge in [-0.2, -0.15) is 0 Å². The van der Waals surface area contributed by atoms with E-state index in [0.717, 1.165) is 25.7 Å². The van der Waals surface area contributed by atoms with Crippen LogP contribution >= 0.6 is 0 Å². The van der Waals surface area contributed by atoms with Crippen molar-refractivity contribution in [2.75, 3.05) is 6.54 Å². The summed E-state index contributed by atoms with van der Waals surface area (Å²) >= 11 is 0. The molecule has 0 atom stereocenters. The smallest absolute Gasteiger partial charge is 0.144 e. The summed E-state index contributed by atoms with van der Waals surface area (Å²) in [6.45, 7) is 2.41. The lowest BCUT2D eigenvalue weighted by molar-refractivity contribution is -0.129. The van der Waals surface area contributed by atoms with Crippen molar-refractivity contribution in [3.8, 4) is 0 Å². The maximum Gasteiger partial charge on any atom is 0.144 e. The highest BCUT2D eigenvalue weighted by Gasteiger charge is 2.39. The standard InChI is InChI=1S/C16H21F2NO/c1-11-5-7-16(10-19,8-6-11)15(20)9-12-13(17)3-2-4-14(12)18/h2-4,11H,5-10,19H2,1H3. The Morgan fingerprint density at radius 1 is 1.30 bits per heavy atom. The van der Waals surface area contributed by atoms with Crippen LogP contribution < -0.4 is 5.73 Å². The average molecular weight is 281 g/mol. The Morgan fingerprint density at radius 2 is 1.85 bits per heavy atom. The van der Waals surface area contributed by atoms with Crippen LogP contribution in [0.25, 0.3) is 0 Å². The quantitative estimate of drug-likeness (QED) is 0.920. The highest BCUT2D eigenvalue weighted by Crippen LogP contribution is 2.39. The van der Waals surface area contributed by atoms with Crippen molar-refractivity contribution in [1.82, 2.24) is 0 Å². The van der Waals surface area contributed by atoms with Gasteiger partial charge in [-0.15, -0.1) is 0 Å². The third kappa shape index (κ3) is 2.90. The molecule has 1 fully saturated rings. The predicted molar refractivity (Wildman–Crippen MR) is 74.2 cm³/mol. The molecule has 0 unspecified atom stereocenters. The Hall–Kier alpha value is -1.29. The third-order valence-corrected chi connectivity index (χ3v) is 4.61. The molecule has 0 heterocycles. The average Bonchev–Trinajstić information content (AvgIpc) is 2.44. The van der Waals surface area contributed by atoms with E-state index in [2.05, 4.69) is 6.92 Å². The van der Waals surface area contributed by atoms with E-state index in [1.807, 2.05) is 0 Å². The molecule has 1 aliphatic rings. The Bertz CT molecular complexity index is 473. The summed E-state index contributed by atoms with van der Waals surface area (Å²) in [5.41, 5.74) is 5.07. The molecule has 0 bridgehead atoms. The first-order chi connectivity index (χ1) is 9.48. The number of halogens is 2. The number of rotatable bonds is 4. The third-order valence-electron chi connectivity index (χ3n) is 4.61. The van der Waals surface area contributed by atoms with Crippen molar-refractivity contribution in [2.24, 2.45) is 17.1 Å². The molecule has 2 nitrogen and oxygen atoms in total. The summed E-state index contributed by atoms with van der Waals surface area (Å²) in [6.07, 6.45) is 3.13. The Morgan fingerprint density at radius 3 is 2.35 bits per heavy atom. The highest BCUT2D eigenvalue weighted by molar-refractivity contribution is 5.87. The fourth-order valence-corrected chi connectivity index (χ4v) is 2.96. The number of carbonyl (C=O) groups excluding carboxylic acids is 1. The second-order valence-electron chi connectivity index (χ2n) is 5.97. The molecule has 0 radical (unpaired) electrons. The lowest BCUT2D eigenvalue weighted by atomic mass is 9.67. The van der Waals surface area contributed by atoms with Gasteiger partial charge in [0.15, 0.2) is 0 Å². The topological polar surface area (TPSA) is 43.1 Å². The second-order valence-corrected chi connectivity index (χ2v) is 5.97. The summed E-state index contributed by atoms with van der Waals surface area (Å²) in [7, 11) is 0. The molecule has 20 heavy (non-hydrogen) atoms. The summed E-state index contributed by atoms with van der Waals surface area (Å²) in [4.78, 5) is 12.5. The van der Waals surface area contributed by atoms with Gasteiger partial charge < -0.3 is 5.73 Å². The van der Waals surface area contributed by atoms with Crippen molar-refractivity contribution in [3.05, 3.63) is 35.4 Å². The van der Waals surface area contributed by atoms with Crippen molar-refractivity contribution in [1.29, 1.82) is 0 Å². The van der Waals surface area contributed by atoms with Crippen LogP contribution in [0.1, 0.15) is 38.2 Å². The molecule has 0 saturated heterocycles. The molecule has 110 valence electrons. The van der Waals surface area contributed by atoms with Crippen LogP contribution in [0.5, 0.6) is 0 Å².